The molecule has 0 atom stereocenters. The summed E-state index contributed by atoms with van der Waals surface area (Å²) in [6, 6.07) is 10.7. The molecule has 1 heterocycles. The highest BCUT2D eigenvalue weighted by Crippen LogP contribution is 2.33. The van der Waals surface area contributed by atoms with E-state index in [1.165, 1.54) is 0 Å². The van der Waals surface area contributed by atoms with E-state index in [-0.39, 0.29) is 6.04 Å². The lowest BCUT2D eigenvalue weighted by molar-refractivity contribution is 0.340. The van der Waals surface area contributed by atoms with E-state index >= 15 is 0 Å². The lowest BCUT2D eigenvalue weighted by Gasteiger charge is -2.22. The van der Waals surface area contributed by atoms with E-state index in [9.17, 15) is 8.42 Å². The van der Waals surface area contributed by atoms with E-state index in [0.29, 0.717) is 23.8 Å². The Morgan fingerprint density at radius 1 is 1.22 bits per heavy atom. The molecule has 6 heteroatoms. The Morgan fingerprint density at radius 2 is 1.91 bits per heavy atom. The van der Waals surface area contributed by atoms with Crippen molar-refractivity contribution in [2.45, 2.75) is 37.2 Å². The fourth-order valence-corrected chi connectivity index (χ4v) is 4.26. The molecule has 0 radical (unpaired) electrons. The van der Waals surface area contributed by atoms with Crippen molar-refractivity contribution < 1.29 is 13.2 Å². The topological polar surface area (TPSA) is 51.5 Å². The third kappa shape index (κ3) is 3.43. The molecular weight excluding hydrogens is 312 g/mol. The standard InChI is InChI=1S/C17H22N2O3S/c1-3-22-16-8-10-17(11-9-16)23(20,21)19(14-6-7-14)13-15-5-4-12-18(15)2/h4-5,8-12,14H,3,6-7,13H2,1-2H3. The predicted molar refractivity (Wildman–Crippen MR) is 88.8 cm³/mol. The minimum atomic E-state index is -3.50. The van der Waals surface area contributed by atoms with Gasteiger partial charge in [0.15, 0.2) is 0 Å². The first-order chi connectivity index (χ1) is 11.0. The zero-order valence-electron chi connectivity index (χ0n) is 13.5. The van der Waals surface area contributed by atoms with Gasteiger partial charge in [0.05, 0.1) is 18.0 Å². The molecule has 1 aromatic carbocycles. The molecule has 1 aliphatic rings. The summed E-state index contributed by atoms with van der Waals surface area (Å²) in [7, 11) is -1.56. The molecular formula is C17H22N2O3S. The van der Waals surface area contributed by atoms with Crippen molar-refractivity contribution in [1.29, 1.82) is 0 Å². The molecule has 0 spiro atoms. The average molecular weight is 334 g/mol. The summed E-state index contributed by atoms with van der Waals surface area (Å²) in [5.41, 5.74) is 0.992. The van der Waals surface area contributed by atoms with Crippen LogP contribution in [0.4, 0.5) is 0 Å². The molecule has 0 N–H and O–H groups in total. The van der Waals surface area contributed by atoms with Gasteiger partial charge < -0.3 is 9.30 Å². The quantitative estimate of drug-likeness (QED) is 0.782. The maximum absolute atomic E-state index is 13.0. The lowest BCUT2D eigenvalue weighted by Crippen LogP contribution is -2.33. The van der Waals surface area contributed by atoms with Gasteiger partial charge in [-0.25, -0.2) is 8.42 Å². The van der Waals surface area contributed by atoms with Crippen LogP contribution >= 0.6 is 0 Å². The first kappa shape index (κ1) is 16.1. The van der Waals surface area contributed by atoms with Crippen LogP contribution in [0, 0.1) is 0 Å². The van der Waals surface area contributed by atoms with Gasteiger partial charge in [-0.2, -0.15) is 4.31 Å². The predicted octanol–water partition coefficient (Wildman–Crippen LogP) is 2.78. The summed E-state index contributed by atoms with van der Waals surface area (Å²) < 4.78 is 35.0. The minimum absolute atomic E-state index is 0.112. The van der Waals surface area contributed by atoms with Gasteiger partial charge in [-0.1, -0.05) is 0 Å². The van der Waals surface area contributed by atoms with Crippen molar-refractivity contribution in [3.63, 3.8) is 0 Å². The number of hydrogen-bond acceptors (Lipinski definition) is 3. The summed E-state index contributed by atoms with van der Waals surface area (Å²) in [5.74, 6) is 0.687. The fraction of sp³-hybridized carbons (Fsp3) is 0.412. The molecule has 124 valence electrons. The molecule has 0 aliphatic heterocycles. The fourth-order valence-electron chi connectivity index (χ4n) is 2.60. The molecule has 1 aliphatic carbocycles. The SMILES string of the molecule is CCOc1ccc(S(=O)(=O)N(Cc2cccn2C)C2CC2)cc1. The molecule has 1 fully saturated rings. The molecule has 0 saturated heterocycles. The Labute approximate surface area is 137 Å². The molecule has 1 aromatic heterocycles. The van der Waals surface area contributed by atoms with Crippen molar-refractivity contribution in [3.8, 4) is 5.75 Å². The van der Waals surface area contributed by atoms with Gasteiger partial charge in [0.2, 0.25) is 10.0 Å². The monoisotopic (exact) mass is 334 g/mol. The van der Waals surface area contributed by atoms with Gasteiger partial charge in [-0.05, 0) is 56.2 Å². The minimum Gasteiger partial charge on any atom is -0.494 e. The second kappa shape index (κ2) is 6.37. The van der Waals surface area contributed by atoms with E-state index < -0.39 is 10.0 Å². The van der Waals surface area contributed by atoms with Gasteiger partial charge in [0.1, 0.15) is 5.75 Å². The molecule has 2 aromatic rings. The Hall–Kier alpha value is -1.79. The number of aromatic nitrogens is 1. The molecule has 0 unspecified atom stereocenters. The molecule has 0 amide bonds. The van der Waals surface area contributed by atoms with Crippen LogP contribution in [0.25, 0.3) is 0 Å². The first-order valence-electron chi connectivity index (χ1n) is 7.87. The van der Waals surface area contributed by atoms with Gasteiger partial charge in [0.25, 0.3) is 0 Å². The first-order valence-corrected chi connectivity index (χ1v) is 9.31. The van der Waals surface area contributed by atoms with Gasteiger partial charge in [-0.15, -0.1) is 0 Å². The third-order valence-corrected chi connectivity index (χ3v) is 5.98. The lowest BCUT2D eigenvalue weighted by atomic mass is 10.3. The number of nitrogens with zero attached hydrogens (tertiary/aromatic N) is 2. The van der Waals surface area contributed by atoms with E-state index in [1.54, 1.807) is 28.6 Å². The smallest absolute Gasteiger partial charge is 0.243 e. The van der Waals surface area contributed by atoms with Crippen molar-refractivity contribution >= 4 is 10.0 Å². The van der Waals surface area contributed by atoms with Crippen LogP contribution < -0.4 is 4.74 Å². The highest BCUT2D eigenvalue weighted by atomic mass is 32.2. The molecule has 5 nitrogen and oxygen atoms in total. The van der Waals surface area contributed by atoms with Crippen LogP contribution in [-0.2, 0) is 23.6 Å². The van der Waals surface area contributed by atoms with Crippen molar-refractivity contribution in [3.05, 3.63) is 48.3 Å². The summed E-state index contributed by atoms with van der Waals surface area (Å²) in [4.78, 5) is 0.321. The second-order valence-corrected chi connectivity index (χ2v) is 7.69. The Bertz CT molecular complexity index is 761. The highest BCUT2D eigenvalue weighted by Gasteiger charge is 2.38. The van der Waals surface area contributed by atoms with Crippen LogP contribution in [0.5, 0.6) is 5.75 Å². The molecule has 23 heavy (non-hydrogen) atoms. The van der Waals surface area contributed by atoms with Crippen LogP contribution in [-0.4, -0.2) is 29.9 Å². The van der Waals surface area contributed by atoms with Gasteiger partial charge in [0, 0.05) is 25.0 Å². The van der Waals surface area contributed by atoms with Crippen LogP contribution in [0.2, 0.25) is 0 Å². The van der Waals surface area contributed by atoms with E-state index in [1.807, 2.05) is 36.9 Å². The van der Waals surface area contributed by atoms with Crippen molar-refractivity contribution in [2.24, 2.45) is 7.05 Å². The van der Waals surface area contributed by atoms with E-state index in [0.717, 1.165) is 18.5 Å². The Kier molecular flexibility index (Phi) is 4.46. The van der Waals surface area contributed by atoms with Crippen LogP contribution in [0.1, 0.15) is 25.5 Å². The normalized spacial score (nSPS) is 15.1. The summed E-state index contributed by atoms with van der Waals surface area (Å²) in [6.45, 7) is 2.87. The second-order valence-electron chi connectivity index (χ2n) is 5.80. The zero-order valence-corrected chi connectivity index (χ0v) is 14.3. The highest BCUT2D eigenvalue weighted by molar-refractivity contribution is 7.89. The largest absolute Gasteiger partial charge is 0.494 e. The van der Waals surface area contributed by atoms with Crippen molar-refractivity contribution in [1.82, 2.24) is 8.87 Å². The molecule has 3 rings (SSSR count). The number of rotatable bonds is 7. The van der Waals surface area contributed by atoms with Gasteiger partial charge >= 0.3 is 0 Å². The Morgan fingerprint density at radius 3 is 2.43 bits per heavy atom. The number of sulfonamides is 1. The number of hydrogen-bond donors (Lipinski definition) is 0. The van der Waals surface area contributed by atoms with Crippen LogP contribution in [0.15, 0.2) is 47.5 Å². The van der Waals surface area contributed by atoms with Gasteiger partial charge in [-0.3, -0.25) is 0 Å². The summed E-state index contributed by atoms with van der Waals surface area (Å²) in [6.07, 6.45) is 3.80. The number of ether oxygens (including phenoxy) is 1. The summed E-state index contributed by atoms with van der Waals surface area (Å²) in [5, 5.41) is 0. The van der Waals surface area contributed by atoms with E-state index in [2.05, 4.69) is 0 Å². The van der Waals surface area contributed by atoms with Crippen molar-refractivity contribution in [2.75, 3.05) is 6.61 Å². The van der Waals surface area contributed by atoms with E-state index in [4.69, 9.17) is 4.74 Å². The number of aryl methyl sites for hydroxylation is 1. The summed E-state index contributed by atoms with van der Waals surface area (Å²) >= 11 is 0. The molecule has 1 saturated carbocycles. The maximum Gasteiger partial charge on any atom is 0.243 e. The average Bonchev–Trinajstić information content (AvgIpc) is 3.28. The molecule has 0 bridgehead atoms. The zero-order chi connectivity index (χ0) is 16.4. The van der Waals surface area contributed by atoms with Crippen LogP contribution in [0.3, 0.4) is 0 Å². The maximum atomic E-state index is 13.0. The third-order valence-electron chi connectivity index (χ3n) is 4.06. The number of benzene rings is 1. The Balaban J connectivity index is 1.87.